The first-order valence-electron chi connectivity index (χ1n) is 5.75. The number of nitrogens with two attached hydrogens (primary N) is 1. The van der Waals surface area contributed by atoms with E-state index in [0.717, 1.165) is 16.1 Å². The van der Waals surface area contributed by atoms with E-state index in [2.05, 4.69) is 6.07 Å². The highest BCUT2D eigenvalue weighted by atomic mass is 35.5. The zero-order valence-electron chi connectivity index (χ0n) is 10.7. The van der Waals surface area contributed by atoms with Gasteiger partial charge in [0.15, 0.2) is 0 Å². The number of ether oxygens (including phenoxy) is 1. The Kier molecular flexibility index (Phi) is 3.64. The summed E-state index contributed by atoms with van der Waals surface area (Å²) in [6.07, 6.45) is 0. The van der Waals surface area contributed by atoms with Crippen LogP contribution in [0.2, 0.25) is 5.02 Å². The second-order valence-corrected chi connectivity index (χ2v) is 4.72. The highest BCUT2D eigenvalue weighted by molar-refractivity contribution is 6.32. The first kappa shape index (κ1) is 13.3. The Hall–Kier alpha value is -2.18. The summed E-state index contributed by atoms with van der Waals surface area (Å²) in [6.45, 7) is 3.83. The lowest BCUT2D eigenvalue weighted by molar-refractivity contribution is 0.480. The molecule has 0 aliphatic rings. The summed E-state index contributed by atoms with van der Waals surface area (Å²) in [7, 11) is 0. The van der Waals surface area contributed by atoms with Crippen LogP contribution in [0.4, 0.5) is 5.69 Å². The largest absolute Gasteiger partial charge is 0.456 e. The van der Waals surface area contributed by atoms with Crippen molar-refractivity contribution in [3.05, 3.63) is 52.0 Å². The lowest BCUT2D eigenvalue weighted by Gasteiger charge is -2.11. The molecule has 2 N–H and O–H groups in total. The summed E-state index contributed by atoms with van der Waals surface area (Å²) in [4.78, 5) is 0. The molecule has 2 rings (SSSR count). The molecule has 0 saturated heterocycles. The minimum Gasteiger partial charge on any atom is -0.456 e. The smallest absolute Gasteiger partial charge is 0.145 e. The molecule has 2 aromatic rings. The van der Waals surface area contributed by atoms with Crippen LogP contribution < -0.4 is 10.5 Å². The molecule has 0 unspecified atom stereocenters. The van der Waals surface area contributed by atoms with Gasteiger partial charge in [-0.2, -0.15) is 5.26 Å². The van der Waals surface area contributed by atoms with E-state index in [1.807, 2.05) is 26.0 Å². The summed E-state index contributed by atoms with van der Waals surface area (Å²) in [5.74, 6) is 1.14. The Morgan fingerprint density at radius 1 is 1.16 bits per heavy atom. The van der Waals surface area contributed by atoms with Crippen LogP contribution in [-0.4, -0.2) is 0 Å². The molecule has 0 fully saturated rings. The maximum Gasteiger partial charge on any atom is 0.145 e. The van der Waals surface area contributed by atoms with Crippen molar-refractivity contribution in [1.82, 2.24) is 0 Å². The van der Waals surface area contributed by atoms with Crippen molar-refractivity contribution in [3.8, 4) is 17.6 Å². The van der Waals surface area contributed by atoms with Gasteiger partial charge in [0.2, 0.25) is 0 Å². The van der Waals surface area contributed by atoms with Gasteiger partial charge in [-0.15, -0.1) is 0 Å². The second kappa shape index (κ2) is 5.21. The van der Waals surface area contributed by atoms with Crippen molar-refractivity contribution < 1.29 is 4.74 Å². The highest BCUT2D eigenvalue weighted by Crippen LogP contribution is 2.31. The number of rotatable bonds is 2. The number of anilines is 1. The van der Waals surface area contributed by atoms with Crippen molar-refractivity contribution >= 4 is 17.3 Å². The highest BCUT2D eigenvalue weighted by Gasteiger charge is 2.08. The molecule has 2 aromatic carbocycles. The lowest BCUT2D eigenvalue weighted by Crippen LogP contribution is -1.93. The summed E-state index contributed by atoms with van der Waals surface area (Å²) < 4.78 is 5.74. The van der Waals surface area contributed by atoms with E-state index >= 15 is 0 Å². The number of nitriles is 1. The van der Waals surface area contributed by atoms with Crippen LogP contribution in [-0.2, 0) is 0 Å². The minimum absolute atomic E-state index is 0.408. The number of benzene rings is 2. The SMILES string of the molecule is Cc1cc(Oc2ccc(N)cc2C#N)cc(C)c1Cl. The minimum atomic E-state index is 0.408. The molecule has 0 aromatic heterocycles. The normalized spacial score (nSPS) is 10.0. The van der Waals surface area contributed by atoms with Gasteiger partial charge in [0.1, 0.15) is 17.6 Å². The molecule has 0 heterocycles. The van der Waals surface area contributed by atoms with Crippen LogP contribution in [0.5, 0.6) is 11.5 Å². The van der Waals surface area contributed by atoms with E-state index in [1.54, 1.807) is 18.2 Å². The Balaban J connectivity index is 2.40. The predicted octanol–water partition coefficient (Wildman–Crippen LogP) is 4.20. The number of nitrogen functional groups attached to an aromatic ring is 1. The monoisotopic (exact) mass is 272 g/mol. The number of hydrogen-bond acceptors (Lipinski definition) is 3. The van der Waals surface area contributed by atoms with Crippen LogP contribution in [0.15, 0.2) is 30.3 Å². The quantitative estimate of drug-likeness (QED) is 0.834. The Morgan fingerprint density at radius 2 is 1.79 bits per heavy atom. The van der Waals surface area contributed by atoms with Crippen molar-refractivity contribution in [1.29, 1.82) is 5.26 Å². The fourth-order valence-corrected chi connectivity index (χ4v) is 1.93. The van der Waals surface area contributed by atoms with Crippen molar-refractivity contribution in [3.63, 3.8) is 0 Å². The van der Waals surface area contributed by atoms with E-state index in [-0.39, 0.29) is 0 Å². The van der Waals surface area contributed by atoms with Gasteiger partial charge in [-0.3, -0.25) is 0 Å². The van der Waals surface area contributed by atoms with Crippen molar-refractivity contribution in [2.45, 2.75) is 13.8 Å². The molecule has 0 saturated carbocycles. The van der Waals surface area contributed by atoms with E-state index in [9.17, 15) is 0 Å². The van der Waals surface area contributed by atoms with Crippen LogP contribution in [0.3, 0.4) is 0 Å². The molecule has 0 atom stereocenters. The third kappa shape index (κ3) is 2.81. The molecule has 0 aliphatic carbocycles. The van der Waals surface area contributed by atoms with E-state index in [0.29, 0.717) is 22.7 Å². The van der Waals surface area contributed by atoms with Crippen LogP contribution in [0.1, 0.15) is 16.7 Å². The third-order valence-electron chi connectivity index (χ3n) is 2.76. The summed E-state index contributed by atoms with van der Waals surface area (Å²) in [6, 6.07) is 10.7. The van der Waals surface area contributed by atoms with E-state index < -0.39 is 0 Å². The van der Waals surface area contributed by atoms with Crippen LogP contribution in [0.25, 0.3) is 0 Å². The fourth-order valence-electron chi connectivity index (χ4n) is 1.82. The topological polar surface area (TPSA) is 59.0 Å². The van der Waals surface area contributed by atoms with Gasteiger partial charge in [-0.1, -0.05) is 11.6 Å². The first-order valence-corrected chi connectivity index (χ1v) is 6.13. The van der Waals surface area contributed by atoms with Crippen LogP contribution >= 0.6 is 11.6 Å². The molecule has 0 amide bonds. The molecule has 0 spiro atoms. The van der Waals surface area contributed by atoms with E-state index in [4.69, 9.17) is 27.3 Å². The zero-order chi connectivity index (χ0) is 14.0. The van der Waals surface area contributed by atoms with Gasteiger partial charge < -0.3 is 10.5 Å². The molecule has 3 nitrogen and oxygen atoms in total. The van der Waals surface area contributed by atoms with Crippen molar-refractivity contribution in [2.75, 3.05) is 5.73 Å². The Bertz CT molecular complexity index is 651. The summed E-state index contributed by atoms with van der Waals surface area (Å²) in [5, 5.41) is 9.79. The maximum absolute atomic E-state index is 9.07. The maximum atomic E-state index is 9.07. The number of nitrogens with zero attached hydrogens (tertiary/aromatic N) is 1. The molecule has 0 radical (unpaired) electrons. The molecular formula is C15H13ClN2O. The van der Waals surface area contributed by atoms with Gasteiger partial charge in [-0.25, -0.2) is 0 Å². The summed E-state index contributed by atoms with van der Waals surface area (Å²) >= 11 is 6.11. The number of hydrogen-bond donors (Lipinski definition) is 1. The third-order valence-corrected chi connectivity index (χ3v) is 3.36. The van der Waals surface area contributed by atoms with Crippen LogP contribution in [0, 0.1) is 25.2 Å². The Labute approximate surface area is 117 Å². The molecule has 0 aliphatic heterocycles. The molecule has 0 bridgehead atoms. The number of halogens is 1. The van der Waals surface area contributed by atoms with Gasteiger partial charge in [0, 0.05) is 10.7 Å². The lowest BCUT2D eigenvalue weighted by atomic mass is 10.1. The van der Waals surface area contributed by atoms with Crippen molar-refractivity contribution in [2.24, 2.45) is 0 Å². The van der Waals surface area contributed by atoms with Gasteiger partial charge >= 0.3 is 0 Å². The average molecular weight is 273 g/mol. The Morgan fingerprint density at radius 3 is 2.37 bits per heavy atom. The molecule has 4 heteroatoms. The first-order chi connectivity index (χ1) is 9.01. The predicted molar refractivity (Wildman–Crippen MR) is 76.6 cm³/mol. The van der Waals surface area contributed by atoms with Gasteiger partial charge in [0.05, 0.1) is 5.56 Å². The fraction of sp³-hybridized carbons (Fsp3) is 0.133. The van der Waals surface area contributed by atoms with Gasteiger partial charge in [0.25, 0.3) is 0 Å². The summed E-state index contributed by atoms with van der Waals surface area (Å²) in [5.41, 5.74) is 8.45. The van der Waals surface area contributed by atoms with E-state index in [1.165, 1.54) is 0 Å². The molecular weight excluding hydrogens is 260 g/mol. The standard InChI is InChI=1S/C15H13ClN2O/c1-9-5-13(6-10(2)15(9)16)19-14-4-3-12(18)7-11(14)8-17/h3-7H,18H2,1-2H3. The molecule has 19 heavy (non-hydrogen) atoms. The number of aryl methyl sites for hydroxylation is 2. The average Bonchev–Trinajstić information content (AvgIpc) is 2.38. The molecule has 96 valence electrons. The second-order valence-electron chi connectivity index (χ2n) is 4.34. The zero-order valence-corrected chi connectivity index (χ0v) is 11.5. The van der Waals surface area contributed by atoms with Gasteiger partial charge in [-0.05, 0) is 55.3 Å².